The average molecular weight is 469 g/mol. The highest BCUT2D eigenvalue weighted by molar-refractivity contribution is 5.82. The molecule has 2 aromatic carbocycles. The summed E-state index contributed by atoms with van der Waals surface area (Å²) in [5, 5.41) is 11.8. The van der Waals surface area contributed by atoms with Crippen LogP contribution in [-0.2, 0) is 20.8 Å². The van der Waals surface area contributed by atoms with Crippen LogP contribution in [-0.4, -0.2) is 64.4 Å². The summed E-state index contributed by atoms with van der Waals surface area (Å²) < 4.78 is 10.5. The van der Waals surface area contributed by atoms with Crippen molar-refractivity contribution in [3.05, 3.63) is 71.8 Å². The highest BCUT2D eigenvalue weighted by Gasteiger charge is 2.53. The molecule has 3 atom stereocenters. The summed E-state index contributed by atoms with van der Waals surface area (Å²) in [5.74, 6) is -0.760. The van der Waals surface area contributed by atoms with Crippen LogP contribution in [0.3, 0.4) is 0 Å². The predicted octanol–water partition coefficient (Wildman–Crippen LogP) is 4.16. The van der Waals surface area contributed by atoms with Crippen molar-refractivity contribution >= 4 is 12.1 Å². The van der Waals surface area contributed by atoms with Crippen LogP contribution >= 0.6 is 0 Å². The van der Waals surface area contributed by atoms with Gasteiger partial charge in [-0.2, -0.15) is 0 Å². The third-order valence-corrected chi connectivity index (χ3v) is 6.23. The van der Waals surface area contributed by atoms with Gasteiger partial charge < -0.3 is 19.5 Å². The lowest BCUT2D eigenvalue weighted by Crippen LogP contribution is -2.67. The quantitative estimate of drug-likeness (QED) is 0.642. The van der Waals surface area contributed by atoms with Gasteiger partial charge in [-0.05, 0) is 45.2 Å². The molecular formula is C27H36N2O5. The molecule has 0 aliphatic carbocycles. The number of rotatable bonds is 6. The van der Waals surface area contributed by atoms with Crippen LogP contribution in [0.15, 0.2) is 60.7 Å². The van der Waals surface area contributed by atoms with Crippen LogP contribution in [0.1, 0.15) is 51.3 Å². The van der Waals surface area contributed by atoms with Gasteiger partial charge in [0.15, 0.2) is 5.60 Å². The van der Waals surface area contributed by atoms with Gasteiger partial charge in [-0.25, -0.2) is 9.59 Å². The summed E-state index contributed by atoms with van der Waals surface area (Å²) in [6.45, 7) is 8.09. The number of aliphatic hydroxyl groups is 1. The second kappa shape index (κ2) is 10.6. The summed E-state index contributed by atoms with van der Waals surface area (Å²) in [5.41, 5.74) is -0.465. The van der Waals surface area contributed by atoms with Crippen LogP contribution in [0.5, 0.6) is 0 Å². The molecule has 1 saturated heterocycles. The van der Waals surface area contributed by atoms with Gasteiger partial charge in [0.25, 0.3) is 0 Å². The Bertz CT molecular complexity index is 960. The summed E-state index contributed by atoms with van der Waals surface area (Å²) in [4.78, 5) is 29.3. The Labute approximate surface area is 202 Å². The minimum atomic E-state index is -1.91. The Morgan fingerprint density at radius 3 is 2.26 bits per heavy atom. The molecule has 1 fully saturated rings. The number of hydrogen-bond acceptors (Lipinski definition) is 6. The molecule has 0 aromatic heterocycles. The van der Waals surface area contributed by atoms with Crippen molar-refractivity contribution in [2.75, 3.05) is 20.2 Å². The fraction of sp³-hybridized carbons (Fsp3) is 0.481. The number of amides is 1. The van der Waals surface area contributed by atoms with Crippen molar-refractivity contribution in [2.45, 2.75) is 63.9 Å². The van der Waals surface area contributed by atoms with Crippen molar-refractivity contribution in [3.63, 3.8) is 0 Å². The van der Waals surface area contributed by atoms with Gasteiger partial charge in [0.1, 0.15) is 5.60 Å². The molecule has 2 aromatic rings. The molecule has 1 aliphatic heterocycles. The van der Waals surface area contributed by atoms with E-state index >= 15 is 0 Å². The SMILES string of the molecule is COC(=O)[C@@]1(O)CN(C(=O)OC(C)(C)C)CC[C@H]1N(Cc1ccccc1)[C@@H](C)c1ccccc1. The van der Waals surface area contributed by atoms with E-state index in [0.717, 1.165) is 11.1 Å². The second-order valence-corrected chi connectivity index (χ2v) is 9.87. The minimum Gasteiger partial charge on any atom is -0.467 e. The van der Waals surface area contributed by atoms with Crippen molar-refractivity contribution < 1.29 is 24.2 Å². The monoisotopic (exact) mass is 468 g/mol. The molecule has 1 aliphatic rings. The molecule has 7 nitrogen and oxygen atoms in total. The van der Waals surface area contributed by atoms with E-state index in [9.17, 15) is 14.7 Å². The number of esters is 1. The van der Waals surface area contributed by atoms with E-state index < -0.39 is 29.3 Å². The smallest absolute Gasteiger partial charge is 0.410 e. The second-order valence-electron chi connectivity index (χ2n) is 9.87. The highest BCUT2D eigenvalue weighted by Crippen LogP contribution is 2.35. The third-order valence-electron chi connectivity index (χ3n) is 6.23. The summed E-state index contributed by atoms with van der Waals surface area (Å²) in [7, 11) is 1.26. The molecule has 0 bridgehead atoms. The van der Waals surface area contributed by atoms with Crippen molar-refractivity contribution in [2.24, 2.45) is 0 Å². The molecule has 1 N–H and O–H groups in total. The molecular weight excluding hydrogens is 432 g/mol. The zero-order valence-electron chi connectivity index (χ0n) is 20.7. The number of piperidine rings is 1. The Morgan fingerprint density at radius 2 is 1.71 bits per heavy atom. The average Bonchev–Trinajstić information content (AvgIpc) is 2.82. The molecule has 1 heterocycles. The molecule has 0 radical (unpaired) electrons. The number of nitrogens with zero attached hydrogens (tertiary/aromatic N) is 2. The van der Waals surface area contributed by atoms with E-state index in [1.165, 1.54) is 12.0 Å². The topological polar surface area (TPSA) is 79.3 Å². The van der Waals surface area contributed by atoms with E-state index in [4.69, 9.17) is 9.47 Å². The lowest BCUT2D eigenvalue weighted by Gasteiger charge is -2.49. The van der Waals surface area contributed by atoms with E-state index in [2.05, 4.69) is 11.8 Å². The first kappa shape index (κ1) is 25.7. The third kappa shape index (κ3) is 5.96. The number of carbonyl (C=O) groups is 2. The van der Waals surface area contributed by atoms with Gasteiger partial charge in [-0.1, -0.05) is 60.7 Å². The molecule has 184 valence electrons. The zero-order valence-corrected chi connectivity index (χ0v) is 20.7. The van der Waals surface area contributed by atoms with Gasteiger partial charge in [0.2, 0.25) is 0 Å². The molecule has 3 rings (SSSR count). The van der Waals surface area contributed by atoms with Crippen LogP contribution in [0.2, 0.25) is 0 Å². The molecule has 34 heavy (non-hydrogen) atoms. The van der Waals surface area contributed by atoms with Gasteiger partial charge in [0.05, 0.1) is 19.7 Å². The predicted molar refractivity (Wildman–Crippen MR) is 130 cm³/mol. The van der Waals surface area contributed by atoms with Crippen LogP contribution < -0.4 is 0 Å². The van der Waals surface area contributed by atoms with E-state index in [1.54, 1.807) is 20.8 Å². The Balaban J connectivity index is 1.97. The van der Waals surface area contributed by atoms with Crippen molar-refractivity contribution in [1.82, 2.24) is 9.80 Å². The van der Waals surface area contributed by atoms with Crippen molar-refractivity contribution in [3.8, 4) is 0 Å². The van der Waals surface area contributed by atoms with Gasteiger partial charge >= 0.3 is 12.1 Å². The normalized spacial score (nSPS) is 21.7. The van der Waals surface area contributed by atoms with E-state index in [1.807, 2.05) is 60.7 Å². The van der Waals surface area contributed by atoms with Crippen molar-refractivity contribution in [1.29, 1.82) is 0 Å². The number of methoxy groups -OCH3 is 1. The first-order valence-corrected chi connectivity index (χ1v) is 11.7. The maximum absolute atomic E-state index is 13.0. The largest absolute Gasteiger partial charge is 0.467 e. The number of hydrogen-bond donors (Lipinski definition) is 1. The number of likely N-dealkylation sites (tertiary alicyclic amines) is 1. The highest BCUT2D eigenvalue weighted by atomic mass is 16.6. The molecule has 7 heteroatoms. The zero-order chi connectivity index (χ0) is 24.9. The minimum absolute atomic E-state index is 0.101. The van der Waals surface area contributed by atoms with E-state index in [-0.39, 0.29) is 12.6 Å². The van der Waals surface area contributed by atoms with Gasteiger partial charge in [-0.15, -0.1) is 0 Å². The molecule has 1 amide bonds. The van der Waals surface area contributed by atoms with E-state index in [0.29, 0.717) is 19.5 Å². The fourth-order valence-corrected chi connectivity index (χ4v) is 4.53. The summed E-state index contributed by atoms with van der Waals surface area (Å²) >= 11 is 0. The van der Waals surface area contributed by atoms with Crippen LogP contribution in [0.25, 0.3) is 0 Å². The molecule has 0 saturated carbocycles. The Morgan fingerprint density at radius 1 is 1.12 bits per heavy atom. The Kier molecular flexibility index (Phi) is 8.00. The first-order chi connectivity index (χ1) is 16.0. The standard InChI is InChI=1S/C27H36N2O5/c1-20(22-14-10-7-11-15-22)29(18-21-12-8-6-9-13-21)23-16-17-28(25(31)34-26(2,3)4)19-27(23,32)24(30)33-5/h6-15,20,23,32H,16-19H2,1-5H3/t20-,23+,27+/m0/s1. The molecule has 0 unspecified atom stereocenters. The van der Waals surface area contributed by atoms with Gasteiger partial charge in [0, 0.05) is 19.1 Å². The van der Waals surface area contributed by atoms with Crippen LogP contribution in [0.4, 0.5) is 4.79 Å². The number of β-amino-alcohol motifs (C(OH)–C–C–N with tert-alkyl or cyclic N) is 1. The maximum Gasteiger partial charge on any atom is 0.410 e. The lowest BCUT2D eigenvalue weighted by atomic mass is 9.84. The fourth-order valence-electron chi connectivity index (χ4n) is 4.53. The van der Waals surface area contributed by atoms with Crippen LogP contribution in [0, 0.1) is 0 Å². The summed E-state index contributed by atoms with van der Waals surface area (Å²) in [6.07, 6.45) is -0.173. The first-order valence-electron chi connectivity index (χ1n) is 11.7. The maximum atomic E-state index is 13.0. The molecule has 0 spiro atoms. The number of benzene rings is 2. The summed E-state index contributed by atoms with van der Waals surface area (Å²) in [6, 6.07) is 19.3. The Hall–Kier alpha value is -2.90. The number of carbonyl (C=O) groups excluding carboxylic acids is 2. The number of ether oxygens (including phenoxy) is 2. The van der Waals surface area contributed by atoms with Gasteiger partial charge in [-0.3, -0.25) is 4.90 Å². The lowest BCUT2D eigenvalue weighted by molar-refractivity contribution is -0.180.